The Morgan fingerprint density at radius 2 is 1.74 bits per heavy atom. The predicted octanol–water partition coefficient (Wildman–Crippen LogP) is 2.89. The van der Waals surface area contributed by atoms with Crippen LogP contribution in [-0.4, -0.2) is 27.8 Å². The van der Waals surface area contributed by atoms with Crippen molar-refractivity contribution in [2.75, 3.05) is 0 Å². The van der Waals surface area contributed by atoms with E-state index in [0.29, 0.717) is 5.56 Å². The van der Waals surface area contributed by atoms with Crippen LogP contribution in [0.2, 0.25) is 0 Å². The monoisotopic (exact) mass is 364 g/mol. The predicted molar refractivity (Wildman–Crippen MR) is 100 cm³/mol. The molecule has 3 rings (SSSR count). The van der Waals surface area contributed by atoms with Crippen molar-refractivity contribution in [1.82, 2.24) is 10.2 Å². The van der Waals surface area contributed by atoms with Crippen LogP contribution in [0, 0.1) is 0 Å². The van der Waals surface area contributed by atoms with Gasteiger partial charge in [0.2, 0.25) is 11.8 Å². The Bertz CT molecular complexity index is 892. The van der Waals surface area contributed by atoms with Gasteiger partial charge in [0, 0.05) is 13.1 Å². The number of rotatable bonds is 5. The lowest BCUT2D eigenvalue weighted by atomic mass is 9.93. The van der Waals surface area contributed by atoms with Crippen LogP contribution in [-0.2, 0) is 14.4 Å². The summed E-state index contributed by atoms with van der Waals surface area (Å²) in [6.07, 6.45) is 3.46. The number of aliphatic carboxylic acids is 1. The van der Waals surface area contributed by atoms with Crippen LogP contribution in [0.15, 0.2) is 60.8 Å². The highest BCUT2D eigenvalue weighted by molar-refractivity contribution is 5.86. The number of amides is 2. The van der Waals surface area contributed by atoms with Crippen LogP contribution < -0.4 is 5.32 Å². The number of carbonyl (C=O) groups is 3. The number of benzene rings is 2. The molecule has 0 radical (unpaired) electrons. The smallest absolute Gasteiger partial charge is 0.330 e. The minimum absolute atomic E-state index is 0.0302. The van der Waals surface area contributed by atoms with Crippen molar-refractivity contribution in [2.24, 2.45) is 0 Å². The zero-order valence-electron chi connectivity index (χ0n) is 14.8. The molecular formula is C21H20N2O4. The van der Waals surface area contributed by atoms with Gasteiger partial charge in [-0.2, -0.15) is 0 Å². The minimum atomic E-state index is -1.14. The largest absolute Gasteiger partial charge is 0.479 e. The van der Waals surface area contributed by atoms with Gasteiger partial charge in [0.15, 0.2) is 6.04 Å². The molecule has 2 aromatic rings. The minimum Gasteiger partial charge on any atom is -0.479 e. The quantitative estimate of drug-likeness (QED) is 0.854. The van der Waals surface area contributed by atoms with E-state index < -0.39 is 24.0 Å². The number of hydrogen-bond acceptors (Lipinski definition) is 3. The Morgan fingerprint density at radius 1 is 1.07 bits per heavy atom. The number of carboxylic acid groups (broad SMARTS) is 1. The first-order valence-corrected chi connectivity index (χ1v) is 8.60. The number of fused-ring (bicyclic) bond motifs is 1. The van der Waals surface area contributed by atoms with Crippen molar-refractivity contribution in [3.63, 3.8) is 0 Å². The molecular weight excluding hydrogens is 344 g/mol. The summed E-state index contributed by atoms with van der Waals surface area (Å²) in [5.41, 5.74) is 2.29. The van der Waals surface area contributed by atoms with Crippen molar-refractivity contribution in [2.45, 2.75) is 25.4 Å². The third kappa shape index (κ3) is 4.06. The molecule has 6 heteroatoms. The molecule has 1 aliphatic heterocycles. The summed E-state index contributed by atoms with van der Waals surface area (Å²) in [5.74, 6) is -1.76. The number of hydrogen-bond donors (Lipinski definition) is 2. The van der Waals surface area contributed by atoms with Gasteiger partial charge in [-0.3, -0.25) is 9.59 Å². The van der Waals surface area contributed by atoms with E-state index in [1.165, 1.54) is 11.8 Å². The average molecular weight is 364 g/mol. The average Bonchev–Trinajstić information content (AvgIpc) is 2.66. The van der Waals surface area contributed by atoms with E-state index in [1.807, 2.05) is 30.3 Å². The van der Waals surface area contributed by atoms with Gasteiger partial charge in [-0.25, -0.2) is 4.79 Å². The third-order valence-corrected chi connectivity index (χ3v) is 4.53. The highest BCUT2D eigenvalue weighted by Crippen LogP contribution is 2.33. The van der Waals surface area contributed by atoms with Crippen molar-refractivity contribution in [1.29, 1.82) is 0 Å². The van der Waals surface area contributed by atoms with Crippen molar-refractivity contribution in [3.05, 3.63) is 77.5 Å². The van der Waals surface area contributed by atoms with E-state index in [9.17, 15) is 19.5 Å². The Balaban J connectivity index is 1.82. The maximum atomic E-state index is 12.6. The molecule has 2 amide bonds. The van der Waals surface area contributed by atoms with E-state index in [4.69, 9.17) is 0 Å². The van der Waals surface area contributed by atoms with Gasteiger partial charge < -0.3 is 15.3 Å². The molecule has 1 unspecified atom stereocenters. The fraction of sp³-hybridized carbons (Fsp3) is 0.190. The summed E-state index contributed by atoms with van der Waals surface area (Å²) in [6.45, 7) is 1.44. The molecule has 1 aliphatic rings. The second-order valence-electron chi connectivity index (χ2n) is 6.34. The number of nitrogens with one attached hydrogen (secondary N) is 1. The molecule has 6 nitrogen and oxygen atoms in total. The maximum Gasteiger partial charge on any atom is 0.330 e. The second kappa shape index (κ2) is 7.86. The molecule has 0 spiro atoms. The van der Waals surface area contributed by atoms with Crippen LogP contribution >= 0.6 is 0 Å². The van der Waals surface area contributed by atoms with Gasteiger partial charge in [-0.05, 0) is 22.8 Å². The van der Waals surface area contributed by atoms with E-state index in [0.717, 1.165) is 11.1 Å². The topological polar surface area (TPSA) is 86.7 Å². The maximum absolute atomic E-state index is 12.6. The molecule has 0 aromatic heterocycles. The number of nitrogens with zero attached hydrogens (tertiary/aromatic N) is 1. The van der Waals surface area contributed by atoms with Gasteiger partial charge in [0.05, 0.1) is 12.5 Å². The van der Waals surface area contributed by atoms with E-state index in [-0.39, 0.29) is 12.3 Å². The summed E-state index contributed by atoms with van der Waals surface area (Å²) in [6, 6.07) is 14.4. The summed E-state index contributed by atoms with van der Waals surface area (Å²) < 4.78 is 0. The molecule has 2 aromatic carbocycles. The van der Waals surface area contributed by atoms with Crippen molar-refractivity contribution in [3.8, 4) is 0 Å². The number of carbonyl (C=O) groups excluding carboxylic acids is 2. The zero-order chi connectivity index (χ0) is 19.4. The van der Waals surface area contributed by atoms with Crippen molar-refractivity contribution < 1.29 is 19.5 Å². The molecule has 0 saturated carbocycles. The van der Waals surface area contributed by atoms with E-state index in [2.05, 4.69) is 5.32 Å². The standard InChI is InChI=1S/C21H20N2O4/c1-14(24)23-12-11-15-7-5-6-10-17(15)18(23)13-19(25)22-20(21(26)27)16-8-3-2-4-9-16/h2-12,18,20H,13H2,1H3,(H,22,25)(H,26,27)/t18?,20-/m0/s1. The fourth-order valence-corrected chi connectivity index (χ4v) is 3.24. The number of carboxylic acids is 1. The lowest BCUT2D eigenvalue weighted by Crippen LogP contribution is -2.38. The normalized spacial score (nSPS) is 16.3. The molecule has 1 heterocycles. The lowest BCUT2D eigenvalue weighted by molar-refractivity contribution is -0.142. The molecule has 0 aliphatic carbocycles. The highest BCUT2D eigenvalue weighted by atomic mass is 16.4. The molecule has 0 saturated heterocycles. The molecule has 27 heavy (non-hydrogen) atoms. The molecule has 2 N–H and O–H groups in total. The Kier molecular flexibility index (Phi) is 5.35. The molecule has 2 atom stereocenters. The first kappa shape index (κ1) is 18.4. The van der Waals surface area contributed by atoms with Crippen LogP contribution in [0.3, 0.4) is 0 Å². The molecule has 0 bridgehead atoms. The van der Waals surface area contributed by atoms with Crippen molar-refractivity contribution >= 4 is 23.9 Å². The van der Waals surface area contributed by atoms with Crippen LogP contribution in [0.1, 0.15) is 42.1 Å². The summed E-state index contributed by atoms with van der Waals surface area (Å²) in [7, 11) is 0. The van der Waals surface area contributed by atoms with E-state index >= 15 is 0 Å². The van der Waals surface area contributed by atoms with Crippen LogP contribution in [0.25, 0.3) is 6.08 Å². The van der Waals surface area contributed by atoms with E-state index in [1.54, 1.807) is 36.5 Å². The van der Waals surface area contributed by atoms with Crippen LogP contribution in [0.4, 0.5) is 0 Å². The Labute approximate surface area is 157 Å². The molecule has 138 valence electrons. The third-order valence-electron chi connectivity index (χ3n) is 4.53. The van der Waals surface area contributed by atoms with Gasteiger partial charge in [0.1, 0.15) is 0 Å². The first-order valence-electron chi connectivity index (χ1n) is 8.60. The zero-order valence-corrected chi connectivity index (χ0v) is 14.8. The Morgan fingerprint density at radius 3 is 2.41 bits per heavy atom. The summed E-state index contributed by atoms with van der Waals surface area (Å²) in [5, 5.41) is 12.1. The van der Waals surface area contributed by atoms with Crippen LogP contribution in [0.5, 0.6) is 0 Å². The summed E-state index contributed by atoms with van der Waals surface area (Å²) >= 11 is 0. The first-order chi connectivity index (χ1) is 13.0. The van der Waals surface area contributed by atoms with Gasteiger partial charge >= 0.3 is 5.97 Å². The summed E-state index contributed by atoms with van der Waals surface area (Å²) in [4.78, 5) is 37.8. The fourth-order valence-electron chi connectivity index (χ4n) is 3.24. The molecule has 0 fully saturated rings. The highest BCUT2D eigenvalue weighted by Gasteiger charge is 2.30. The Hall–Kier alpha value is -3.41. The SMILES string of the molecule is CC(=O)N1C=Cc2ccccc2C1CC(=O)N[C@H](C(=O)O)c1ccccc1. The second-order valence-corrected chi connectivity index (χ2v) is 6.34. The van der Waals surface area contributed by atoms with Gasteiger partial charge in [-0.15, -0.1) is 0 Å². The lowest BCUT2D eigenvalue weighted by Gasteiger charge is -2.32. The van der Waals surface area contributed by atoms with Gasteiger partial charge in [-0.1, -0.05) is 54.6 Å². The van der Waals surface area contributed by atoms with Gasteiger partial charge in [0.25, 0.3) is 0 Å².